The van der Waals surface area contributed by atoms with Crippen LogP contribution < -0.4 is 10.2 Å². The van der Waals surface area contributed by atoms with Crippen LogP contribution in [-0.4, -0.2) is 53.4 Å². The predicted octanol–water partition coefficient (Wildman–Crippen LogP) is 1.83. The minimum absolute atomic E-state index is 0.00106. The summed E-state index contributed by atoms with van der Waals surface area (Å²) in [5.74, 6) is -0.891. The van der Waals surface area contributed by atoms with Crippen LogP contribution in [0.15, 0.2) is 24.3 Å². The molecule has 8 heteroatoms. The molecule has 0 spiro atoms. The number of amides is 3. The Balaban J connectivity index is 1.62. The maximum atomic E-state index is 13.1. The first-order chi connectivity index (χ1) is 13.7. The van der Waals surface area contributed by atoms with Crippen molar-refractivity contribution in [1.82, 2.24) is 10.2 Å². The van der Waals surface area contributed by atoms with Crippen LogP contribution in [0.4, 0.5) is 5.69 Å². The van der Waals surface area contributed by atoms with Crippen molar-refractivity contribution in [2.24, 2.45) is 0 Å². The SMILES string of the molecule is CC(C)OC(=O)CNC(=O)CCCN1C(=O)c2ccccc2N2C(=O)CCC12C. The first-order valence-electron chi connectivity index (χ1n) is 9.94. The quantitative estimate of drug-likeness (QED) is 0.704. The van der Waals surface area contributed by atoms with Crippen molar-refractivity contribution in [3.8, 4) is 0 Å². The Kier molecular flexibility index (Phi) is 5.91. The summed E-state index contributed by atoms with van der Waals surface area (Å²) < 4.78 is 4.97. The van der Waals surface area contributed by atoms with E-state index < -0.39 is 11.6 Å². The molecule has 3 amide bonds. The molecule has 3 rings (SSSR count). The highest BCUT2D eigenvalue weighted by Gasteiger charge is 2.52. The summed E-state index contributed by atoms with van der Waals surface area (Å²) in [5, 5.41) is 2.53. The Morgan fingerprint density at radius 1 is 1.24 bits per heavy atom. The van der Waals surface area contributed by atoms with Crippen molar-refractivity contribution in [3.05, 3.63) is 29.8 Å². The Hall–Kier alpha value is -2.90. The molecule has 1 atom stereocenters. The monoisotopic (exact) mass is 401 g/mol. The van der Waals surface area contributed by atoms with Gasteiger partial charge in [-0.1, -0.05) is 12.1 Å². The average Bonchev–Trinajstić information content (AvgIpc) is 2.98. The lowest BCUT2D eigenvalue weighted by molar-refractivity contribution is -0.147. The van der Waals surface area contributed by atoms with E-state index in [0.717, 1.165) is 0 Å². The minimum atomic E-state index is -0.722. The lowest BCUT2D eigenvalue weighted by atomic mass is 9.98. The highest BCUT2D eigenvalue weighted by atomic mass is 16.5. The summed E-state index contributed by atoms with van der Waals surface area (Å²) in [6.07, 6.45) is 1.30. The summed E-state index contributed by atoms with van der Waals surface area (Å²) in [5.41, 5.74) is 0.432. The molecule has 2 aliphatic heterocycles. The third-order valence-electron chi connectivity index (χ3n) is 5.33. The summed E-state index contributed by atoms with van der Waals surface area (Å²) in [6.45, 7) is 5.55. The molecule has 1 aromatic rings. The van der Waals surface area contributed by atoms with Crippen LogP contribution in [-0.2, 0) is 19.1 Å². The Morgan fingerprint density at radius 3 is 2.69 bits per heavy atom. The van der Waals surface area contributed by atoms with E-state index in [0.29, 0.717) is 37.1 Å². The van der Waals surface area contributed by atoms with Crippen molar-refractivity contribution in [2.45, 2.75) is 58.2 Å². The molecule has 0 bridgehead atoms. The van der Waals surface area contributed by atoms with Gasteiger partial charge in [0, 0.05) is 19.4 Å². The first-order valence-corrected chi connectivity index (χ1v) is 9.94. The Morgan fingerprint density at radius 2 is 1.97 bits per heavy atom. The van der Waals surface area contributed by atoms with Gasteiger partial charge in [-0.05, 0) is 45.7 Å². The number of hydrogen-bond donors (Lipinski definition) is 1. The first kappa shape index (κ1) is 20.8. The second-order valence-corrected chi connectivity index (χ2v) is 7.84. The molecule has 0 saturated carbocycles. The predicted molar refractivity (Wildman–Crippen MR) is 106 cm³/mol. The molecule has 1 unspecified atom stereocenters. The molecule has 2 heterocycles. The van der Waals surface area contributed by atoms with Gasteiger partial charge in [0.1, 0.15) is 12.2 Å². The number of hydrogen-bond acceptors (Lipinski definition) is 5. The molecule has 1 aromatic carbocycles. The van der Waals surface area contributed by atoms with Crippen molar-refractivity contribution >= 4 is 29.4 Å². The highest BCUT2D eigenvalue weighted by molar-refractivity contribution is 6.10. The molecule has 1 N–H and O–H groups in total. The van der Waals surface area contributed by atoms with Gasteiger partial charge in [0.05, 0.1) is 17.4 Å². The molecule has 0 aromatic heterocycles. The van der Waals surface area contributed by atoms with Gasteiger partial charge in [-0.25, -0.2) is 0 Å². The van der Waals surface area contributed by atoms with Crippen LogP contribution in [0.2, 0.25) is 0 Å². The molecular formula is C21H27N3O5. The maximum absolute atomic E-state index is 13.1. The zero-order chi connectivity index (χ0) is 21.2. The summed E-state index contributed by atoms with van der Waals surface area (Å²) in [6, 6.07) is 7.13. The number of nitrogens with one attached hydrogen (secondary N) is 1. The zero-order valence-electron chi connectivity index (χ0n) is 17.1. The number of para-hydroxylation sites is 1. The molecule has 1 saturated heterocycles. The maximum Gasteiger partial charge on any atom is 0.325 e. The lowest BCUT2D eigenvalue weighted by Gasteiger charge is -2.48. The van der Waals surface area contributed by atoms with Crippen LogP contribution in [0.1, 0.15) is 56.8 Å². The molecular weight excluding hydrogens is 374 g/mol. The number of anilines is 1. The van der Waals surface area contributed by atoms with E-state index in [2.05, 4.69) is 5.32 Å². The normalized spacial score (nSPS) is 20.6. The number of carbonyl (C=O) groups is 4. The number of rotatable bonds is 7. The topological polar surface area (TPSA) is 96.0 Å². The third kappa shape index (κ3) is 4.11. The van der Waals surface area contributed by atoms with Gasteiger partial charge in [-0.2, -0.15) is 0 Å². The highest BCUT2D eigenvalue weighted by Crippen LogP contribution is 2.43. The van der Waals surface area contributed by atoms with E-state index in [9.17, 15) is 19.2 Å². The van der Waals surface area contributed by atoms with Gasteiger partial charge in [0.25, 0.3) is 5.91 Å². The number of ether oxygens (including phenoxy) is 1. The molecule has 0 aliphatic carbocycles. The van der Waals surface area contributed by atoms with Gasteiger partial charge in [0.15, 0.2) is 0 Å². The Bertz CT molecular complexity index is 837. The fourth-order valence-electron chi connectivity index (χ4n) is 4.00. The van der Waals surface area contributed by atoms with E-state index in [1.807, 2.05) is 13.0 Å². The number of carbonyl (C=O) groups excluding carboxylic acids is 4. The third-order valence-corrected chi connectivity index (χ3v) is 5.33. The standard InChI is InChI=1S/C21H27N3O5/c1-14(2)29-19(27)13-22-17(25)9-6-12-23-20(28)15-7-4-5-8-16(15)24-18(26)10-11-21(23,24)3/h4-5,7-8,14H,6,9-13H2,1-3H3,(H,22,25). The van der Waals surface area contributed by atoms with Crippen molar-refractivity contribution in [1.29, 1.82) is 0 Å². The second-order valence-electron chi connectivity index (χ2n) is 7.84. The number of fused-ring (bicyclic) bond motifs is 3. The van der Waals surface area contributed by atoms with E-state index in [1.165, 1.54) is 0 Å². The smallest absolute Gasteiger partial charge is 0.325 e. The summed E-state index contributed by atoms with van der Waals surface area (Å²) in [4.78, 5) is 52.6. The largest absolute Gasteiger partial charge is 0.462 e. The fraction of sp³-hybridized carbons (Fsp3) is 0.524. The van der Waals surface area contributed by atoms with E-state index in [1.54, 1.807) is 41.8 Å². The molecule has 156 valence electrons. The summed E-state index contributed by atoms with van der Waals surface area (Å²) >= 11 is 0. The average molecular weight is 401 g/mol. The van der Waals surface area contributed by atoms with Crippen LogP contribution in [0.25, 0.3) is 0 Å². The van der Waals surface area contributed by atoms with Crippen LogP contribution in [0.5, 0.6) is 0 Å². The van der Waals surface area contributed by atoms with E-state index in [4.69, 9.17) is 4.74 Å². The van der Waals surface area contributed by atoms with Gasteiger partial charge in [-0.3, -0.25) is 24.1 Å². The second kappa shape index (κ2) is 8.23. The number of nitrogens with zero attached hydrogens (tertiary/aromatic N) is 2. The molecule has 1 fully saturated rings. The van der Waals surface area contributed by atoms with E-state index in [-0.39, 0.29) is 36.8 Å². The molecule has 2 aliphatic rings. The van der Waals surface area contributed by atoms with E-state index >= 15 is 0 Å². The van der Waals surface area contributed by atoms with Gasteiger partial charge >= 0.3 is 5.97 Å². The van der Waals surface area contributed by atoms with Crippen LogP contribution >= 0.6 is 0 Å². The van der Waals surface area contributed by atoms with Crippen molar-refractivity contribution < 1.29 is 23.9 Å². The van der Waals surface area contributed by atoms with Crippen LogP contribution in [0, 0.1) is 0 Å². The van der Waals surface area contributed by atoms with Crippen molar-refractivity contribution in [2.75, 3.05) is 18.0 Å². The molecule has 8 nitrogen and oxygen atoms in total. The number of esters is 1. The summed E-state index contributed by atoms with van der Waals surface area (Å²) in [7, 11) is 0. The van der Waals surface area contributed by atoms with Crippen LogP contribution in [0.3, 0.4) is 0 Å². The van der Waals surface area contributed by atoms with Crippen molar-refractivity contribution in [3.63, 3.8) is 0 Å². The molecule has 0 radical (unpaired) electrons. The Labute approximate surface area is 170 Å². The number of benzene rings is 1. The van der Waals surface area contributed by atoms with Gasteiger partial charge in [-0.15, -0.1) is 0 Å². The van der Waals surface area contributed by atoms with Gasteiger partial charge in [0.2, 0.25) is 11.8 Å². The fourth-order valence-corrected chi connectivity index (χ4v) is 4.00. The minimum Gasteiger partial charge on any atom is -0.462 e. The zero-order valence-corrected chi connectivity index (χ0v) is 17.1. The lowest BCUT2D eigenvalue weighted by Crippen LogP contribution is -2.62. The van der Waals surface area contributed by atoms with Gasteiger partial charge < -0.3 is 15.0 Å². The molecule has 29 heavy (non-hydrogen) atoms.